The van der Waals surface area contributed by atoms with Crippen molar-refractivity contribution >= 4 is 45.3 Å². The summed E-state index contributed by atoms with van der Waals surface area (Å²) in [5.41, 5.74) is -0.324. The van der Waals surface area contributed by atoms with Gasteiger partial charge in [0.25, 0.3) is 0 Å². The Bertz CT molecular complexity index is 1090. The number of hydrogen-bond donors (Lipinski definition) is 1. The first-order chi connectivity index (χ1) is 16.4. The summed E-state index contributed by atoms with van der Waals surface area (Å²) >= 11 is 3.39. The van der Waals surface area contributed by atoms with E-state index >= 15 is 0 Å². The van der Waals surface area contributed by atoms with Gasteiger partial charge in [-0.15, -0.1) is 0 Å². The molecule has 0 bridgehead atoms. The molecule has 0 radical (unpaired) electrons. The van der Waals surface area contributed by atoms with E-state index in [0.29, 0.717) is 11.4 Å². The third-order valence-electron chi connectivity index (χ3n) is 6.03. The summed E-state index contributed by atoms with van der Waals surface area (Å²) in [6.45, 7) is 10.9. The van der Waals surface area contributed by atoms with Gasteiger partial charge in [0.05, 0.1) is 12.3 Å². The van der Waals surface area contributed by atoms with E-state index in [4.69, 9.17) is 9.47 Å². The summed E-state index contributed by atoms with van der Waals surface area (Å²) in [5.74, 6) is -1.85. The van der Waals surface area contributed by atoms with Gasteiger partial charge in [-0.2, -0.15) is 0 Å². The minimum atomic E-state index is -1.46. The van der Waals surface area contributed by atoms with Gasteiger partial charge >= 0.3 is 12.1 Å². The van der Waals surface area contributed by atoms with E-state index in [9.17, 15) is 14.4 Å². The number of carbonyl (C=O) groups excluding carboxylic acids is 3. The normalized spacial score (nSPS) is 19.3. The van der Waals surface area contributed by atoms with Crippen LogP contribution >= 0.6 is 15.9 Å². The van der Waals surface area contributed by atoms with Crippen molar-refractivity contribution in [1.82, 2.24) is 0 Å². The number of para-hydroxylation sites is 1. The molecule has 35 heavy (non-hydrogen) atoms. The Morgan fingerprint density at radius 2 is 1.71 bits per heavy atom. The SMILES string of the molecule is CCOC(=O)[C@@]1(C(C)C)[C@H](CC(=O)Nc2ccc(Br)cc2)c2ccccc2N1C(=O)OC(C)(C)C. The fraction of sp³-hybridized carbons (Fsp3) is 0.444. The number of rotatable bonds is 6. The van der Waals surface area contributed by atoms with Crippen LogP contribution in [0.2, 0.25) is 0 Å². The van der Waals surface area contributed by atoms with Gasteiger partial charge < -0.3 is 14.8 Å². The predicted octanol–water partition coefficient (Wildman–Crippen LogP) is 6.27. The number of amides is 2. The predicted molar refractivity (Wildman–Crippen MR) is 139 cm³/mol. The molecule has 1 heterocycles. The molecular weight excluding hydrogens is 512 g/mol. The third kappa shape index (κ3) is 5.37. The van der Waals surface area contributed by atoms with Crippen LogP contribution in [-0.2, 0) is 19.1 Å². The van der Waals surface area contributed by atoms with E-state index in [1.54, 1.807) is 52.0 Å². The lowest BCUT2D eigenvalue weighted by molar-refractivity contribution is -0.152. The van der Waals surface area contributed by atoms with Crippen molar-refractivity contribution in [2.75, 3.05) is 16.8 Å². The second-order valence-corrected chi connectivity index (χ2v) is 10.8. The van der Waals surface area contributed by atoms with E-state index < -0.39 is 29.1 Å². The van der Waals surface area contributed by atoms with Gasteiger partial charge in [-0.3, -0.25) is 9.69 Å². The molecule has 0 fully saturated rings. The summed E-state index contributed by atoms with van der Waals surface area (Å²) in [7, 11) is 0. The number of halogens is 1. The van der Waals surface area contributed by atoms with Gasteiger partial charge in [0, 0.05) is 22.5 Å². The molecule has 0 aromatic heterocycles. The van der Waals surface area contributed by atoms with Crippen LogP contribution < -0.4 is 10.2 Å². The van der Waals surface area contributed by atoms with Crippen molar-refractivity contribution in [3.8, 4) is 0 Å². The van der Waals surface area contributed by atoms with Crippen LogP contribution in [-0.4, -0.2) is 35.7 Å². The largest absolute Gasteiger partial charge is 0.464 e. The molecule has 1 aliphatic heterocycles. The van der Waals surface area contributed by atoms with Crippen LogP contribution in [0.5, 0.6) is 0 Å². The van der Waals surface area contributed by atoms with Crippen molar-refractivity contribution in [3.05, 3.63) is 58.6 Å². The molecule has 2 aromatic rings. The van der Waals surface area contributed by atoms with Crippen LogP contribution in [0.4, 0.5) is 16.2 Å². The molecule has 1 N–H and O–H groups in total. The topological polar surface area (TPSA) is 84.9 Å². The van der Waals surface area contributed by atoms with Crippen molar-refractivity contribution in [3.63, 3.8) is 0 Å². The Labute approximate surface area is 215 Å². The number of benzene rings is 2. The standard InChI is InChI=1S/C27H33BrN2O5/c1-7-34-24(32)27(17(2)3)21(16-23(31)29-19-14-12-18(28)13-15-19)20-10-8-9-11-22(20)30(27)25(33)35-26(4,5)6/h8-15,17,21H,7,16H2,1-6H3,(H,29,31)/t21-,27-/m1/s1. The molecule has 3 rings (SSSR count). The van der Waals surface area contributed by atoms with Crippen molar-refractivity contribution in [1.29, 1.82) is 0 Å². The Balaban J connectivity index is 2.11. The molecule has 188 valence electrons. The first-order valence-corrected chi connectivity index (χ1v) is 12.6. The van der Waals surface area contributed by atoms with Gasteiger partial charge in [-0.25, -0.2) is 9.59 Å². The maximum atomic E-state index is 13.7. The lowest BCUT2D eigenvalue weighted by atomic mass is 9.72. The Hall–Kier alpha value is -2.87. The molecule has 1 aliphatic rings. The van der Waals surface area contributed by atoms with Gasteiger partial charge in [0.15, 0.2) is 5.54 Å². The summed E-state index contributed by atoms with van der Waals surface area (Å²) in [6.07, 6.45) is -0.675. The van der Waals surface area contributed by atoms with Crippen LogP contribution in [0.15, 0.2) is 53.0 Å². The average Bonchev–Trinajstić information content (AvgIpc) is 3.06. The highest BCUT2D eigenvalue weighted by Crippen LogP contribution is 2.54. The number of esters is 1. The zero-order valence-corrected chi connectivity index (χ0v) is 22.6. The van der Waals surface area contributed by atoms with Crippen LogP contribution in [0.1, 0.15) is 59.4 Å². The molecule has 2 aromatic carbocycles. The van der Waals surface area contributed by atoms with E-state index in [0.717, 1.165) is 10.0 Å². The Kier molecular flexibility index (Phi) is 7.94. The van der Waals surface area contributed by atoms with E-state index in [2.05, 4.69) is 21.2 Å². The summed E-state index contributed by atoms with van der Waals surface area (Å²) in [6, 6.07) is 14.5. The lowest BCUT2D eigenvalue weighted by Gasteiger charge is -2.43. The van der Waals surface area contributed by atoms with Crippen LogP contribution in [0.25, 0.3) is 0 Å². The molecule has 0 saturated heterocycles. The smallest absolute Gasteiger partial charge is 0.415 e. The number of fused-ring (bicyclic) bond motifs is 1. The van der Waals surface area contributed by atoms with Crippen LogP contribution in [0, 0.1) is 5.92 Å². The molecule has 0 unspecified atom stereocenters. The number of anilines is 2. The quantitative estimate of drug-likeness (QED) is 0.433. The molecule has 2 atom stereocenters. The van der Waals surface area contributed by atoms with Crippen LogP contribution in [0.3, 0.4) is 0 Å². The highest BCUT2D eigenvalue weighted by Gasteiger charge is 2.62. The number of nitrogens with zero attached hydrogens (tertiary/aromatic N) is 1. The van der Waals surface area contributed by atoms with E-state index in [1.165, 1.54) is 4.90 Å². The average molecular weight is 545 g/mol. The molecule has 8 heteroatoms. The Morgan fingerprint density at radius 1 is 1.09 bits per heavy atom. The zero-order valence-electron chi connectivity index (χ0n) is 21.1. The minimum Gasteiger partial charge on any atom is -0.464 e. The summed E-state index contributed by atoms with van der Waals surface area (Å²) in [4.78, 5) is 42.0. The molecular formula is C27H33BrN2O5. The maximum Gasteiger partial charge on any atom is 0.415 e. The fourth-order valence-corrected chi connectivity index (χ4v) is 4.97. The van der Waals surface area contributed by atoms with Crippen molar-refractivity contribution < 1.29 is 23.9 Å². The summed E-state index contributed by atoms with van der Waals surface area (Å²) < 4.78 is 12.2. The monoisotopic (exact) mass is 544 g/mol. The van der Waals surface area contributed by atoms with Gasteiger partial charge in [0.1, 0.15) is 5.60 Å². The highest BCUT2D eigenvalue weighted by molar-refractivity contribution is 9.10. The third-order valence-corrected chi connectivity index (χ3v) is 6.56. The second-order valence-electron chi connectivity index (χ2n) is 9.89. The number of nitrogens with one attached hydrogen (secondary N) is 1. The lowest BCUT2D eigenvalue weighted by Crippen LogP contribution is -2.62. The molecule has 0 saturated carbocycles. The first-order valence-electron chi connectivity index (χ1n) is 11.8. The number of carbonyl (C=O) groups is 3. The summed E-state index contributed by atoms with van der Waals surface area (Å²) in [5, 5.41) is 2.91. The van der Waals surface area contributed by atoms with Crippen molar-refractivity contribution in [2.24, 2.45) is 5.92 Å². The molecule has 0 aliphatic carbocycles. The minimum absolute atomic E-state index is 0.0244. The molecule has 7 nitrogen and oxygen atoms in total. The van der Waals surface area contributed by atoms with E-state index in [-0.39, 0.29) is 24.9 Å². The second kappa shape index (κ2) is 10.4. The first kappa shape index (κ1) is 26.7. The van der Waals surface area contributed by atoms with Gasteiger partial charge in [0.2, 0.25) is 5.91 Å². The molecule has 2 amide bonds. The Morgan fingerprint density at radius 3 is 2.29 bits per heavy atom. The number of ether oxygens (including phenoxy) is 2. The van der Waals surface area contributed by atoms with Gasteiger partial charge in [-0.05, 0) is 69.5 Å². The molecule has 0 spiro atoms. The van der Waals surface area contributed by atoms with E-state index in [1.807, 2.05) is 38.1 Å². The fourth-order valence-electron chi connectivity index (χ4n) is 4.71. The highest BCUT2D eigenvalue weighted by atomic mass is 79.9. The number of hydrogen-bond acceptors (Lipinski definition) is 5. The zero-order chi connectivity index (χ0) is 26.0. The van der Waals surface area contributed by atoms with Gasteiger partial charge in [-0.1, -0.05) is 48.0 Å². The van der Waals surface area contributed by atoms with Crippen molar-refractivity contribution in [2.45, 2.75) is 65.0 Å². The maximum absolute atomic E-state index is 13.7.